The molecule has 3 unspecified atom stereocenters. The van der Waals surface area contributed by atoms with Crippen molar-refractivity contribution in [2.45, 2.75) is 71.4 Å². The number of hydrogen-bond acceptors (Lipinski definition) is 2. The maximum Gasteiger partial charge on any atom is 0.0138 e. The minimum atomic E-state index is 0.710. The Bertz CT molecular complexity index is 182. The van der Waals surface area contributed by atoms with Gasteiger partial charge in [0, 0.05) is 12.1 Å². The molecule has 96 valence electrons. The Morgan fingerprint density at radius 3 is 2.44 bits per heavy atom. The average molecular weight is 226 g/mol. The first-order chi connectivity index (χ1) is 7.74. The quantitative estimate of drug-likeness (QED) is 0.730. The molecule has 16 heavy (non-hydrogen) atoms. The van der Waals surface area contributed by atoms with E-state index in [0.717, 1.165) is 18.5 Å². The summed E-state index contributed by atoms with van der Waals surface area (Å²) in [6.07, 6.45) is 8.14. The van der Waals surface area contributed by atoms with Gasteiger partial charge in [-0.2, -0.15) is 0 Å². The molecule has 2 nitrogen and oxygen atoms in total. The molecule has 1 aliphatic rings. The molecule has 0 aliphatic heterocycles. The Morgan fingerprint density at radius 2 is 1.88 bits per heavy atom. The zero-order chi connectivity index (χ0) is 12.0. The van der Waals surface area contributed by atoms with E-state index in [0.29, 0.717) is 6.04 Å². The van der Waals surface area contributed by atoms with Crippen LogP contribution in [-0.2, 0) is 0 Å². The predicted molar refractivity (Wildman–Crippen MR) is 71.6 cm³/mol. The summed E-state index contributed by atoms with van der Waals surface area (Å²) in [5.74, 6) is 0.733. The van der Waals surface area contributed by atoms with Gasteiger partial charge >= 0.3 is 0 Å². The third kappa shape index (κ3) is 3.46. The minimum Gasteiger partial charge on any atom is -0.330 e. The second-order valence-electron chi connectivity index (χ2n) is 5.29. The SMILES string of the molecule is CCC(C)N(CC)C1CCCCCC1CN. The summed E-state index contributed by atoms with van der Waals surface area (Å²) in [6, 6.07) is 1.45. The molecule has 0 radical (unpaired) electrons. The molecule has 2 N–H and O–H groups in total. The van der Waals surface area contributed by atoms with Gasteiger partial charge in [0.05, 0.1) is 0 Å². The fourth-order valence-electron chi connectivity index (χ4n) is 3.18. The monoisotopic (exact) mass is 226 g/mol. The van der Waals surface area contributed by atoms with Crippen molar-refractivity contribution in [2.24, 2.45) is 11.7 Å². The van der Waals surface area contributed by atoms with E-state index in [-0.39, 0.29) is 0 Å². The summed E-state index contributed by atoms with van der Waals surface area (Å²) < 4.78 is 0. The van der Waals surface area contributed by atoms with Crippen LogP contribution in [0.3, 0.4) is 0 Å². The highest BCUT2D eigenvalue weighted by Crippen LogP contribution is 2.28. The summed E-state index contributed by atoms with van der Waals surface area (Å²) in [7, 11) is 0. The molecule has 1 aliphatic carbocycles. The average Bonchev–Trinajstić information content (AvgIpc) is 2.55. The first-order valence-electron chi connectivity index (χ1n) is 7.20. The van der Waals surface area contributed by atoms with Crippen molar-refractivity contribution in [2.75, 3.05) is 13.1 Å². The lowest BCUT2D eigenvalue weighted by atomic mass is 9.92. The highest BCUT2D eigenvalue weighted by Gasteiger charge is 2.29. The van der Waals surface area contributed by atoms with Crippen LogP contribution in [0.15, 0.2) is 0 Å². The van der Waals surface area contributed by atoms with Crippen molar-refractivity contribution in [3.05, 3.63) is 0 Å². The number of nitrogens with two attached hydrogens (primary N) is 1. The maximum absolute atomic E-state index is 5.97. The summed E-state index contributed by atoms with van der Waals surface area (Å²) in [4.78, 5) is 2.70. The van der Waals surface area contributed by atoms with Gasteiger partial charge in [-0.15, -0.1) is 0 Å². The van der Waals surface area contributed by atoms with Crippen LogP contribution in [0.1, 0.15) is 59.3 Å². The van der Waals surface area contributed by atoms with Crippen LogP contribution in [0, 0.1) is 5.92 Å². The normalized spacial score (nSPS) is 29.1. The number of hydrogen-bond donors (Lipinski definition) is 1. The molecule has 0 amide bonds. The van der Waals surface area contributed by atoms with E-state index in [2.05, 4.69) is 25.7 Å². The molecule has 0 aromatic rings. The Labute approximate surface area is 102 Å². The topological polar surface area (TPSA) is 29.3 Å². The molecular weight excluding hydrogens is 196 g/mol. The Kier molecular flexibility index (Phi) is 6.37. The minimum absolute atomic E-state index is 0.710. The van der Waals surface area contributed by atoms with Crippen LogP contribution in [0.2, 0.25) is 0 Å². The Morgan fingerprint density at radius 1 is 1.19 bits per heavy atom. The predicted octanol–water partition coefficient (Wildman–Crippen LogP) is 3.01. The third-order valence-corrected chi connectivity index (χ3v) is 4.37. The van der Waals surface area contributed by atoms with Gasteiger partial charge in [-0.25, -0.2) is 0 Å². The molecule has 1 rings (SSSR count). The molecule has 0 aromatic carbocycles. The van der Waals surface area contributed by atoms with E-state index >= 15 is 0 Å². The molecular formula is C14H30N2. The van der Waals surface area contributed by atoms with Crippen molar-refractivity contribution < 1.29 is 0 Å². The smallest absolute Gasteiger partial charge is 0.0138 e. The van der Waals surface area contributed by atoms with Crippen molar-refractivity contribution in [3.63, 3.8) is 0 Å². The molecule has 2 heteroatoms. The molecule has 0 aromatic heterocycles. The second-order valence-corrected chi connectivity index (χ2v) is 5.29. The largest absolute Gasteiger partial charge is 0.330 e. The van der Waals surface area contributed by atoms with Gasteiger partial charge in [-0.05, 0) is 45.2 Å². The maximum atomic E-state index is 5.97. The Balaban J connectivity index is 2.69. The van der Waals surface area contributed by atoms with Gasteiger partial charge in [0.2, 0.25) is 0 Å². The zero-order valence-corrected chi connectivity index (χ0v) is 11.4. The molecule has 0 spiro atoms. The van der Waals surface area contributed by atoms with Gasteiger partial charge in [-0.1, -0.05) is 33.1 Å². The van der Waals surface area contributed by atoms with Gasteiger partial charge in [0.25, 0.3) is 0 Å². The van der Waals surface area contributed by atoms with Crippen LogP contribution < -0.4 is 5.73 Å². The highest BCUT2D eigenvalue weighted by atomic mass is 15.2. The van der Waals surface area contributed by atoms with Crippen molar-refractivity contribution in [1.29, 1.82) is 0 Å². The molecule has 0 bridgehead atoms. The summed E-state index contributed by atoms with van der Waals surface area (Å²) >= 11 is 0. The van der Waals surface area contributed by atoms with E-state index < -0.39 is 0 Å². The second kappa shape index (κ2) is 7.29. The van der Waals surface area contributed by atoms with E-state index in [9.17, 15) is 0 Å². The van der Waals surface area contributed by atoms with Crippen molar-refractivity contribution in [1.82, 2.24) is 4.90 Å². The first-order valence-corrected chi connectivity index (χ1v) is 7.20. The molecule has 1 fully saturated rings. The standard InChI is InChI=1S/C14H30N2/c1-4-12(3)16(5-2)14-10-8-6-7-9-13(14)11-15/h12-14H,4-11,15H2,1-3H3. The van der Waals surface area contributed by atoms with Crippen LogP contribution in [0.4, 0.5) is 0 Å². The van der Waals surface area contributed by atoms with Crippen molar-refractivity contribution >= 4 is 0 Å². The van der Waals surface area contributed by atoms with Crippen molar-refractivity contribution in [3.8, 4) is 0 Å². The van der Waals surface area contributed by atoms with Gasteiger partial charge in [0.15, 0.2) is 0 Å². The van der Waals surface area contributed by atoms with Crippen LogP contribution >= 0.6 is 0 Å². The number of rotatable bonds is 5. The van der Waals surface area contributed by atoms with Gasteiger partial charge in [0.1, 0.15) is 0 Å². The first kappa shape index (κ1) is 14.0. The zero-order valence-electron chi connectivity index (χ0n) is 11.4. The van der Waals surface area contributed by atoms with Crippen LogP contribution in [0.5, 0.6) is 0 Å². The molecule has 1 saturated carbocycles. The van der Waals surface area contributed by atoms with E-state index in [4.69, 9.17) is 5.73 Å². The number of nitrogens with zero attached hydrogens (tertiary/aromatic N) is 1. The van der Waals surface area contributed by atoms with E-state index in [1.54, 1.807) is 0 Å². The van der Waals surface area contributed by atoms with Crippen LogP contribution in [0.25, 0.3) is 0 Å². The molecule has 0 heterocycles. The molecule has 3 atom stereocenters. The molecule has 0 saturated heterocycles. The van der Waals surface area contributed by atoms with Crippen LogP contribution in [-0.4, -0.2) is 30.1 Å². The van der Waals surface area contributed by atoms with E-state index in [1.165, 1.54) is 45.1 Å². The van der Waals surface area contributed by atoms with Gasteiger partial charge in [-0.3, -0.25) is 4.90 Å². The third-order valence-electron chi connectivity index (χ3n) is 4.37. The fourth-order valence-corrected chi connectivity index (χ4v) is 3.18. The van der Waals surface area contributed by atoms with Gasteiger partial charge < -0.3 is 5.73 Å². The lowest BCUT2D eigenvalue weighted by molar-refractivity contribution is 0.0984. The lowest BCUT2D eigenvalue weighted by Gasteiger charge is -2.39. The lowest BCUT2D eigenvalue weighted by Crippen LogP contribution is -2.47. The summed E-state index contributed by atoms with van der Waals surface area (Å²) in [6.45, 7) is 9.00. The summed E-state index contributed by atoms with van der Waals surface area (Å²) in [5, 5.41) is 0. The fraction of sp³-hybridized carbons (Fsp3) is 1.00. The summed E-state index contributed by atoms with van der Waals surface area (Å²) in [5.41, 5.74) is 5.97. The van der Waals surface area contributed by atoms with E-state index in [1.807, 2.05) is 0 Å². The highest BCUT2D eigenvalue weighted by molar-refractivity contribution is 4.84. The Hall–Kier alpha value is -0.0800.